The van der Waals surface area contributed by atoms with Crippen molar-refractivity contribution in [3.05, 3.63) is 76.9 Å². The molecule has 0 unspecified atom stereocenters. The van der Waals surface area contributed by atoms with E-state index in [4.69, 9.17) is 5.26 Å². The van der Waals surface area contributed by atoms with Gasteiger partial charge in [0.05, 0.1) is 17.2 Å². The molecule has 0 atom stereocenters. The van der Waals surface area contributed by atoms with Crippen molar-refractivity contribution in [2.75, 3.05) is 0 Å². The van der Waals surface area contributed by atoms with Gasteiger partial charge in [0.2, 0.25) is 0 Å². The summed E-state index contributed by atoms with van der Waals surface area (Å²) in [5.41, 5.74) is 1.04. The van der Waals surface area contributed by atoms with E-state index in [1.54, 1.807) is 24.3 Å². The van der Waals surface area contributed by atoms with Crippen molar-refractivity contribution in [2.24, 2.45) is 0 Å². The van der Waals surface area contributed by atoms with E-state index in [1.807, 2.05) is 6.07 Å². The molecule has 2 rings (SSSR count). The van der Waals surface area contributed by atoms with Crippen LogP contribution in [0.3, 0.4) is 0 Å². The standard InChI is InChI=1S/C16H9F2NO/c17-13-6-7-14(15(18)9-13)16(20)8-5-11-1-3-12(10-19)4-2-11/h1-9H. The molecule has 4 heteroatoms. The Labute approximate surface area is 114 Å². The molecule has 0 radical (unpaired) electrons. The average Bonchev–Trinajstić information content (AvgIpc) is 2.45. The summed E-state index contributed by atoms with van der Waals surface area (Å²) in [4.78, 5) is 11.8. The lowest BCUT2D eigenvalue weighted by atomic mass is 10.1. The molecule has 98 valence electrons. The normalized spacial score (nSPS) is 10.4. The van der Waals surface area contributed by atoms with Crippen molar-refractivity contribution in [2.45, 2.75) is 0 Å². The highest BCUT2D eigenvalue weighted by Crippen LogP contribution is 2.12. The topological polar surface area (TPSA) is 40.9 Å². The summed E-state index contributed by atoms with van der Waals surface area (Å²) in [7, 11) is 0. The first-order valence-electron chi connectivity index (χ1n) is 5.78. The van der Waals surface area contributed by atoms with E-state index < -0.39 is 17.4 Å². The van der Waals surface area contributed by atoms with Crippen LogP contribution in [0.2, 0.25) is 0 Å². The number of carbonyl (C=O) groups excluding carboxylic acids is 1. The lowest BCUT2D eigenvalue weighted by Gasteiger charge is -1.98. The van der Waals surface area contributed by atoms with Crippen molar-refractivity contribution in [1.82, 2.24) is 0 Å². The van der Waals surface area contributed by atoms with Crippen LogP contribution in [0.4, 0.5) is 8.78 Å². The van der Waals surface area contributed by atoms with Crippen molar-refractivity contribution < 1.29 is 13.6 Å². The zero-order valence-electron chi connectivity index (χ0n) is 10.3. The zero-order valence-corrected chi connectivity index (χ0v) is 10.3. The van der Waals surface area contributed by atoms with Crippen molar-refractivity contribution in [3.63, 3.8) is 0 Å². The Kier molecular flexibility index (Phi) is 4.02. The van der Waals surface area contributed by atoms with Gasteiger partial charge in [-0.3, -0.25) is 4.79 Å². The second kappa shape index (κ2) is 5.89. The number of hydrogen-bond acceptors (Lipinski definition) is 2. The van der Waals surface area contributed by atoms with E-state index >= 15 is 0 Å². The maximum absolute atomic E-state index is 13.4. The molecule has 2 aromatic rings. The minimum atomic E-state index is -0.889. The molecule has 20 heavy (non-hydrogen) atoms. The molecule has 0 saturated carbocycles. The van der Waals surface area contributed by atoms with Crippen LogP contribution >= 0.6 is 0 Å². The van der Waals surface area contributed by atoms with Gasteiger partial charge < -0.3 is 0 Å². The van der Waals surface area contributed by atoms with Gasteiger partial charge in [-0.2, -0.15) is 5.26 Å². The SMILES string of the molecule is N#Cc1ccc(C=CC(=O)c2ccc(F)cc2F)cc1. The average molecular weight is 269 g/mol. The number of halogens is 2. The lowest BCUT2D eigenvalue weighted by Crippen LogP contribution is -1.99. The third-order valence-corrected chi connectivity index (χ3v) is 2.66. The molecule has 0 aliphatic heterocycles. The first-order valence-corrected chi connectivity index (χ1v) is 5.78. The molecule has 0 saturated heterocycles. The van der Waals surface area contributed by atoms with Gasteiger partial charge in [0, 0.05) is 6.07 Å². The minimum absolute atomic E-state index is 0.184. The lowest BCUT2D eigenvalue weighted by molar-refractivity contribution is 0.104. The number of ketones is 1. The fourth-order valence-electron chi connectivity index (χ4n) is 1.62. The first kappa shape index (κ1) is 13.6. The van der Waals surface area contributed by atoms with Crippen molar-refractivity contribution >= 4 is 11.9 Å². The molecule has 0 amide bonds. The Bertz CT molecular complexity index is 712. The van der Waals surface area contributed by atoms with Gasteiger partial charge in [-0.1, -0.05) is 18.2 Å². The molecule has 0 heterocycles. The van der Waals surface area contributed by atoms with Crippen LogP contribution in [0, 0.1) is 23.0 Å². The molecular formula is C16H9F2NO. The largest absolute Gasteiger partial charge is 0.289 e. The molecule has 0 aliphatic rings. The Hall–Kier alpha value is -2.80. The maximum atomic E-state index is 13.4. The third-order valence-electron chi connectivity index (χ3n) is 2.66. The van der Waals surface area contributed by atoms with E-state index in [0.717, 1.165) is 12.1 Å². The summed E-state index contributed by atoms with van der Waals surface area (Å²) in [6.45, 7) is 0. The van der Waals surface area contributed by atoms with Crippen LogP contribution in [0.5, 0.6) is 0 Å². The summed E-state index contributed by atoms with van der Waals surface area (Å²) in [5, 5.41) is 8.65. The Morgan fingerprint density at radius 2 is 1.80 bits per heavy atom. The van der Waals surface area contributed by atoms with E-state index in [0.29, 0.717) is 17.2 Å². The molecular weight excluding hydrogens is 260 g/mol. The highest BCUT2D eigenvalue weighted by atomic mass is 19.1. The van der Waals surface area contributed by atoms with Gasteiger partial charge >= 0.3 is 0 Å². The zero-order chi connectivity index (χ0) is 14.5. The van der Waals surface area contributed by atoms with Gasteiger partial charge in [0.15, 0.2) is 5.78 Å². The van der Waals surface area contributed by atoms with Crippen molar-refractivity contribution in [3.8, 4) is 6.07 Å². The number of benzene rings is 2. The van der Waals surface area contributed by atoms with Gasteiger partial charge in [-0.05, 0) is 35.9 Å². The highest BCUT2D eigenvalue weighted by molar-refractivity contribution is 6.06. The van der Waals surface area contributed by atoms with Crippen LogP contribution in [0.25, 0.3) is 6.08 Å². The quantitative estimate of drug-likeness (QED) is 0.629. The summed E-state index contributed by atoms with van der Waals surface area (Å²) in [5.74, 6) is -2.17. The fourth-order valence-corrected chi connectivity index (χ4v) is 1.62. The Balaban J connectivity index is 2.18. The van der Waals surface area contributed by atoms with Gasteiger partial charge in [-0.25, -0.2) is 8.78 Å². The second-order valence-corrected chi connectivity index (χ2v) is 4.06. The molecule has 0 fully saturated rings. The summed E-state index contributed by atoms with van der Waals surface area (Å²) in [6, 6.07) is 11.4. The predicted octanol–water partition coefficient (Wildman–Crippen LogP) is 3.73. The number of carbonyl (C=O) groups is 1. The fraction of sp³-hybridized carbons (Fsp3) is 0. The molecule has 2 aromatic carbocycles. The number of rotatable bonds is 3. The maximum Gasteiger partial charge on any atom is 0.188 e. The van der Waals surface area contributed by atoms with E-state index in [2.05, 4.69) is 0 Å². The smallest absolute Gasteiger partial charge is 0.188 e. The summed E-state index contributed by atoms with van der Waals surface area (Å²) in [6.07, 6.45) is 2.71. The molecule has 0 bridgehead atoms. The Morgan fingerprint density at radius 1 is 1.10 bits per heavy atom. The monoisotopic (exact) mass is 269 g/mol. The molecule has 0 spiro atoms. The number of hydrogen-bond donors (Lipinski definition) is 0. The van der Waals surface area contributed by atoms with Crippen LogP contribution in [0.1, 0.15) is 21.5 Å². The molecule has 0 aromatic heterocycles. The van der Waals surface area contributed by atoms with Gasteiger partial charge in [0.1, 0.15) is 11.6 Å². The molecule has 0 N–H and O–H groups in total. The van der Waals surface area contributed by atoms with E-state index in [1.165, 1.54) is 12.2 Å². The second-order valence-electron chi connectivity index (χ2n) is 4.06. The van der Waals surface area contributed by atoms with E-state index in [-0.39, 0.29) is 5.56 Å². The number of nitrogens with zero attached hydrogens (tertiary/aromatic N) is 1. The molecule has 2 nitrogen and oxygen atoms in total. The predicted molar refractivity (Wildman–Crippen MR) is 70.9 cm³/mol. The summed E-state index contributed by atoms with van der Waals surface area (Å²) >= 11 is 0. The summed E-state index contributed by atoms with van der Waals surface area (Å²) < 4.78 is 26.1. The van der Waals surface area contributed by atoms with Crippen LogP contribution in [0.15, 0.2) is 48.5 Å². The Morgan fingerprint density at radius 3 is 2.40 bits per heavy atom. The van der Waals surface area contributed by atoms with Gasteiger partial charge in [0.25, 0.3) is 0 Å². The minimum Gasteiger partial charge on any atom is -0.289 e. The van der Waals surface area contributed by atoms with Crippen LogP contribution < -0.4 is 0 Å². The highest BCUT2D eigenvalue weighted by Gasteiger charge is 2.09. The van der Waals surface area contributed by atoms with Crippen LogP contribution in [-0.4, -0.2) is 5.78 Å². The van der Waals surface area contributed by atoms with Crippen molar-refractivity contribution in [1.29, 1.82) is 5.26 Å². The number of nitriles is 1. The van der Waals surface area contributed by atoms with Crippen LogP contribution in [-0.2, 0) is 0 Å². The third kappa shape index (κ3) is 3.15. The van der Waals surface area contributed by atoms with Gasteiger partial charge in [-0.15, -0.1) is 0 Å². The van der Waals surface area contributed by atoms with E-state index in [9.17, 15) is 13.6 Å². The number of allylic oxidation sites excluding steroid dienone is 1. The first-order chi connectivity index (χ1) is 9.60. The molecule has 0 aliphatic carbocycles.